The van der Waals surface area contributed by atoms with Gasteiger partial charge in [-0.3, -0.25) is 4.79 Å². The van der Waals surface area contributed by atoms with Gasteiger partial charge in [-0.1, -0.05) is 12.2 Å². The zero-order valence-corrected chi connectivity index (χ0v) is 11.6. The highest BCUT2D eigenvalue weighted by Crippen LogP contribution is 2.29. The van der Waals surface area contributed by atoms with Gasteiger partial charge in [-0.05, 0) is 18.6 Å². The molecule has 1 aliphatic heterocycles. The molecular formula is C12H13F3N4OS. The number of alkyl halides is 3. The van der Waals surface area contributed by atoms with Crippen LogP contribution < -0.4 is 16.4 Å². The average molecular weight is 318 g/mol. The molecule has 0 spiro atoms. The molecule has 0 aliphatic carbocycles. The second-order valence-corrected chi connectivity index (χ2v) is 5.08. The van der Waals surface area contributed by atoms with Gasteiger partial charge in [0.05, 0.1) is 5.56 Å². The summed E-state index contributed by atoms with van der Waals surface area (Å²) in [5.41, 5.74) is 4.72. The number of hydrogen-bond donors (Lipinski definition) is 3. The predicted molar refractivity (Wildman–Crippen MR) is 74.8 cm³/mol. The van der Waals surface area contributed by atoms with Crippen molar-refractivity contribution in [3.05, 3.63) is 23.4 Å². The highest BCUT2D eigenvalue weighted by molar-refractivity contribution is 7.80. The molecule has 1 amide bonds. The van der Waals surface area contributed by atoms with E-state index >= 15 is 0 Å². The van der Waals surface area contributed by atoms with Crippen LogP contribution in [-0.2, 0) is 11.0 Å². The summed E-state index contributed by atoms with van der Waals surface area (Å²) in [4.78, 5) is 14.6. The van der Waals surface area contributed by atoms with Crippen molar-refractivity contribution >= 4 is 28.9 Å². The van der Waals surface area contributed by atoms with Gasteiger partial charge in [0.2, 0.25) is 5.91 Å². The van der Waals surface area contributed by atoms with Crippen molar-refractivity contribution < 1.29 is 18.0 Å². The van der Waals surface area contributed by atoms with E-state index in [9.17, 15) is 18.0 Å². The van der Waals surface area contributed by atoms with Gasteiger partial charge in [0.1, 0.15) is 16.5 Å². The monoisotopic (exact) mass is 318 g/mol. The van der Waals surface area contributed by atoms with Crippen LogP contribution in [0, 0.1) is 0 Å². The van der Waals surface area contributed by atoms with E-state index in [0.29, 0.717) is 19.4 Å². The van der Waals surface area contributed by atoms with Gasteiger partial charge in [0.15, 0.2) is 0 Å². The number of nitrogens with zero attached hydrogens (tertiary/aromatic N) is 1. The van der Waals surface area contributed by atoms with Gasteiger partial charge in [-0.2, -0.15) is 13.2 Å². The average Bonchev–Trinajstić information content (AvgIpc) is 2.40. The molecule has 1 aliphatic rings. The number of carbonyl (C=O) groups excluding carboxylic acids is 1. The van der Waals surface area contributed by atoms with Gasteiger partial charge in [-0.15, -0.1) is 0 Å². The van der Waals surface area contributed by atoms with Gasteiger partial charge in [0.25, 0.3) is 0 Å². The fourth-order valence-corrected chi connectivity index (χ4v) is 2.14. The Hall–Kier alpha value is -1.90. The van der Waals surface area contributed by atoms with E-state index in [1.54, 1.807) is 0 Å². The third-order valence-electron chi connectivity index (χ3n) is 3.06. The fourth-order valence-electron chi connectivity index (χ4n) is 1.98. The van der Waals surface area contributed by atoms with E-state index in [4.69, 9.17) is 18.0 Å². The molecule has 0 bridgehead atoms. The molecule has 0 saturated carbocycles. The maximum absolute atomic E-state index is 12.7. The Kier molecular flexibility index (Phi) is 4.31. The number of piperidine rings is 1. The minimum absolute atomic E-state index is 0.0153. The molecule has 1 aromatic rings. The topological polar surface area (TPSA) is 80.0 Å². The molecule has 1 saturated heterocycles. The molecule has 2 rings (SSSR count). The van der Waals surface area contributed by atoms with Gasteiger partial charge < -0.3 is 16.4 Å². The van der Waals surface area contributed by atoms with Crippen LogP contribution in [0.1, 0.15) is 24.1 Å². The number of carbonyl (C=O) groups is 1. The zero-order chi connectivity index (χ0) is 15.6. The number of halogens is 3. The third kappa shape index (κ3) is 3.81. The number of anilines is 1. The molecule has 0 aromatic carbocycles. The maximum atomic E-state index is 12.7. The van der Waals surface area contributed by atoms with Crippen LogP contribution >= 0.6 is 12.2 Å². The largest absolute Gasteiger partial charge is 0.433 e. The Balaban J connectivity index is 2.26. The molecule has 114 valence electrons. The Morgan fingerprint density at radius 1 is 1.48 bits per heavy atom. The first-order valence-electron chi connectivity index (χ1n) is 6.18. The molecule has 0 radical (unpaired) electrons. The summed E-state index contributed by atoms with van der Waals surface area (Å²) in [7, 11) is 0. The summed E-state index contributed by atoms with van der Waals surface area (Å²) in [5, 5.41) is 5.50. The maximum Gasteiger partial charge on any atom is 0.433 e. The van der Waals surface area contributed by atoms with Crippen LogP contribution in [0.5, 0.6) is 0 Å². The minimum atomic E-state index is -4.55. The van der Waals surface area contributed by atoms with Crippen LogP contribution in [0.25, 0.3) is 0 Å². The first-order valence-corrected chi connectivity index (χ1v) is 6.59. The van der Waals surface area contributed by atoms with E-state index in [2.05, 4.69) is 15.6 Å². The number of nitrogens with one attached hydrogen (secondary N) is 2. The minimum Gasteiger partial charge on any atom is -0.389 e. The van der Waals surface area contributed by atoms with Crippen LogP contribution in [0.3, 0.4) is 0 Å². The third-order valence-corrected chi connectivity index (χ3v) is 3.28. The molecular weight excluding hydrogens is 305 g/mol. The number of amides is 1. The number of rotatable bonds is 3. The van der Waals surface area contributed by atoms with E-state index in [1.165, 1.54) is 6.07 Å². The molecule has 1 aromatic heterocycles. The second-order valence-electron chi connectivity index (χ2n) is 4.64. The lowest BCUT2D eigenvalue weighted by molar-refractivity contribution is -0.141. The summed E-state index contributed by atoms with van der Waals surface area (Å²) < 4.78 is 38.2. The fraction of sp³-hybridized carbons (Fsp3) is 0.417. The standard InChI is InChI=1S/C12H13F3N4OS/c13-12(14,15)8-3-2-7(10(16)21)11(19-8)18-6-1-4-9(20)17-5-6/h2-3,6H,1,4-5H2,(H2,16,21)(H,17,20)(H,18,19). The van der Waals surface area contributed by atoms with E-state index < -0.39 is 11.9 Å². The molecule has 2 heterocycles. The van der Waals surface area contributed by atoms with Crippen molar-refractivity contribution in [2.75, 3.05) is 11.9 Å². The molecule has 4 N–H and O–H groups in total. The molecule has 21 heavy (non-hydrogen) atoms. The first kappa shape index (κ1) is 15.5. The molecule has 1 fully saturated rings. The lowest BCUT2D eigenvalue weighted by Crippen LogP contribution is -2.42. The van der Waals surface area contributed by atoms with Crippen LogP contribution in [0.2, 0.25) is 0 Å². The lowest BCUT2D eigenvalue weighted by Gasteiger charge is -2.25. The lowest BCUT2D eigenvalue weighted by atomic mass is 10.1. The number of aromatic nitrogens is 1. The summed E-state index contributed by atoms with van der Waals surface area (Å²) in [6.07, 6.45) is -3.74. The zero-order valence-electron chi connectivity index (χ0n) is 10.8. The normalized spacial score (nSPS) is 19.0. The molecule has 1 atom stereocenters. The quantitative estimate of drug-likeness (QED) is 0.735. The molecule has 9 heteroatoms. The van der Waals surface area contributed by atoms with Crippen molar-refractivity contribution in [3.63, 3.8) is 0 Å². The summed E-state index contributed by atoms with van der Waals surface area (Å²) in [5.74, 6) is -0.0990. The van der Waals surface area contributed by atoms with Crippen LogP contribution in [-0.4, -0.2) is 28.5 Å². The number of pyridine rings is 1. The van der Waals surface area contributed by atoms with E-state index in [0.717, 1.165) is 6.07 Å². The van der Waals surface area contributed by atoms with Crippen molar-refractivity contribution in [3.8, 4) is 0 Å². The number of hydrogen-bond acceptors (Lipinski definition) is 4. The molecule has 5 nitrogen and oxygen atoms in total. The van der Waals surface area contributed by atoms with E-state index in [1.807, 2.05) is 0 Å². The van der Waals surface area contributed by atoms with Gasteiger partial charge in [0, 0.05) is 19.0 Å². The second kappa shape index (κ2) is 5.84. The van der Waals surface area contributed by atoms with E-state index in [-0.39, 0.29) is 28.3 Å². The predicted octanol–water partition coefficient (Wildman–Crippen LogP) is 1.43. The van der Waals surface area contributed by atoms with Gasteiger partial charge in [-0.25, -0.2) is 4.98 Å². The summed E-state index contributed by atoms with van der Waals surface area (Å²) in [6, 6.07) is 1.82. The highest BCUT2D eigenvalue weighted by atomic mass is 32.1. The van der Waals surface area contributed by atoms with Crippen molar-refractivity contribution in [2.45, 2.75) is 25.1 Å². The summed E-state index contributed by atoms with van der Waals surface area (Å²) in [6.45, 7) is 0.313. The van der Waals surface area contributed by atoms with Gasteiger partial charge >= 0.3 is 6.18 Å². The number of nitrogens with two attached hydrogens (primary N) is 1. The Morgan fingerprint density at radius 2 is 2.19 bits per heavy atom. The van der Waals surface area contributed by atoms with Crippen molar-refractivity contribution in [1.82, 2.24) is 10.3 Å². The highest BCUT2D eigenvalue weighted by Gasteiger charge is 2.33. The smallest absolute Gasteiger partial charge is 0.389 e. The van der Waals surface area contributed by atoms with Crippen LogP contribution in [0.15, 0.2) is 12.1 Å². The summed E-state index contributed by atoms with van der Waals surface area (Å²) >= 11 is 4.82. The number of thiocarbonyl (C=S) groups is 1. The Bertz CT molecular complexity index is 566. The Morgan fingerprint density at radius 3 is 2.71 bits per heavy atom. The van der Waals surface area contributed by atoms with Crippen molar-refractivity contribution in [2.24, 2.45) is 5.73 Å². The SMILES string of the molecule is NC(=S)c1ccc(C(F)(F)F)nc1NC1CCC(=O)NC1. The van der Waals surface area contributed by atoms with Crippen molar-refractivity contribution in [1.29, 1.82) is 0 Å². The molecule has 1 unspecified atom stereocenters. The Labute approximate surface area is 124 Å². The first-order chi connectivity index (χ1) is 9.77. The van der Waals surface area contributed by atoms with Crippen LogP contribution in [0.4, 0.5) is 19.0 Å².